The molecule has 0 unspecified atom stereocenters. The second-order valence-corrected chi connectivity index (χ2v) is 9.39. The Balaban J connectivity index is 2.01. The number of alkyl halides is 3. The Hall–Kier alpha value is -1.65. The second kappa shape index (κ2) is 8.00. The molecule has 1 aliphatic rings. The summed E-state index contributed by atoms with van der Waals surface area (Å²) in [5.74, 6) is -0.596. The van der Waals surface area contributed by atoms with Gasteiger partial charge in [-0.05, 0) is 30.5 Å². The molecule has 6 nitrogen and oxygen atoms in total. The van der Waals surface area contributed by atoms with E-state index in [2.05, 4.69) is 0 Å². The predicted octanol–water partition coefficient (Wildman–Crippen LogP) is 2.35. The summed E-state index contributed by atoms with van der Waals surface area (Å²) in [6.45, 7) is 4.44. The molecule has 1 atom stereocenters. The zero-order chi connectivity index (χ0) is 21.3. The molecule has 0 saturated carbocycles. The highest BCUT2D eigenvalue weighted by Crippen LogP contribution is 2.33. The lowest BCUT2D eigenvalue weighted by Crippen LogP contribution is -2.53. The minimum atomic E-state index is -4.92. The largest absolute Gasteiger partial charge is 0.417 e. The van der Waals surface area contributed by atoms with Gasteiger partial charge in [0.25, 0.3) is 0 Å². The Morgan fingerprint density at radius 2 is 1.61 bits per heavy atom. The fourth-order valence-corrected chi connectivity index (χ4v) is 4.28. The van der Waals surface area contributed by atoms with E-state index in [1.807, 2.05) is 13.8 Å². The van der Waals surface area contributed by atoms with E-state index in [1.165, 1.54) is 16.4 Å². The van der Waals surface area contributed by atoms with Crippen LogP contribution in [0.25, 0.3) is 0 Å². The molecule has 0 bridgehead atoms. The van der Waals surface area contributed by atoms with Gasteiger partial charge >= 0.3 is 6.18 Å². The second-order valence-electron chi connectivity index (χ2n) is 7.46. The number of hydrogen-bond acceptors (Lipinski definition) is 4. The Morgan fingerprint density at radius 1 is 1.11 bits per heavy atom. The van der Waals surface area contributed by atoms with Crippen LogP contribution in [0.2, 0.25) is 0 Å². The summed E-state index contributed by atoms with van der Waals surface area (Å²) >= 11 is 0. The summed E-state index contributed by atoms with van der Waals surface area (Å²) in [5, 5.41) is 9.46. The zero-order valence-corrected chi connectivity index (χ0v) is 16.8. The Labute approximate surface area is 163 Å². The van der Waals surface area contributed by atoms with E-state index in [-0.39, 0.29) is 37.0 Å². The van der Waals surface area contributed by atoms with Crippen LogP contribution in [-0.4, -0.2) is 66.6 Å². The summed E-state index contributed by atoms with van der Waals surface area (Å²) in [7, 11) is -3.75. The summed E-state index contributed by atoms with van der Waals surface area (Å²) in [6.07, 6.45) is -6.02. The molecule has 2 rings (SSSR count). The molecule has 0 aliphatic carbocycles. The van der Waals surface area contributed by atoms with Crippen molar-refractivity contribution in [3.05, 3.63) is 29.8 Å². The SMILES string of the molecule is CC(C)c1ccc(S(=O)(=O)N2CCN(C(=O)C[C@@](C)(O)C(F)(F)F)CC2)cc1. The van der Waals surface area contributed by atoms with Crippen LogP contribution in [-0.2, 0) is 14.8 Å². The average Bonchev–Trinajstić information content (AvgIpc) is 2.60. The molecule has 1 fully saturated rings. The van der Waals surface area contributed by atoms with Crippen molar-refractivity contribution in [3.8, 4) is 0 Å². The van der Waals surface area contributed by atoms with Crippen LogP contribution in [0.3, 0.4) is 0 Å². The van der Waals surface area contributed by atoms with E-state index in [0.717, 1.165) is 10.5 Å². The standard InChI is InChI=1S/C18H25F3N2O4S/c1-13(2)14-4-6-15(7-5-14)28(26,27)23-10-8-22(9-11-23)16(24)12-17(3,25)18(19,20)21/h4-7,13,25H,8-12H2,1-3H3/t17-/m1/s1. The lowest BCUT2D eigenvalue weighted by Gasteiger charge is -2.35. The number of halogens is 3. The van der Waals surface area contributed by atoms with E-state index in [4.69, 9.17) is 0 Å². The maximum Gasteiger partial charge on any atom is 0.417 e. The molecule has 1 heterocycles. The predicted molar refractivity (Wildman–Crippen MR) is 97.2 cm³/mol. The first-order chi connectivity index (χ1) is 12.8. The van der Waals surface area contributed by atoms with Crippen LogP contribution < -0.4 is 0 Å². The van der Waals surface area contributed by atoms with Crippen molar-refractivity contribution >= 4 is 15.9 Å². The van der Waals surface area contributed by atoms with Crippen LogP contribution >= 0.6 is 0 Å². The van der Waals surface area contributed by atoms with Gasteiger partial charge in [-0.1, -0.05) is 26.0 Å². The molecule has 28 heavy (non-hydrogen) atoms. The summed E-state index contributed by atoms with van der Waals surface area (Å²) in [4.78, 5) is 13.4. The topological polar surface area (TPSA) is 77.9 Å². The highest BCUT2D eigenvalue weighted by molar-refractivity contribution is 7.89. The number of rotatable bonds is 5. The van der Waals surface area contributed by atoms with Gasteiger partial charge in [0.1, 0.15) is 0 Å². The van der Waals surface area contributed by atoms with Crippen molar-refractivity contribution in [3.63, 3.8) is 0 Å². The Morgan fingerprint density at radius 3 is 2.04 bits per heavy atom. The number of hydrogen-bond donors (Lipinski definition) is 1. The van der Waals surface area contributed by atoms with Crippen LogP contribution in [0.1, 0.15) is 38.7 Å². The number of benzene rings is 1. The number of piperazine rings is 1. The maximum absolute atomic E-state index is 12.7. The quantitative estimate of drug-likeness (QED) is 0.790. The molecule has 0 radical (unpaired) electrons. The van der Waals surface area contributed by atoms with Gasteiger partial charge < -0.3 is 10.0 Å². The number of nitrogens with zero attached hydrogens (tertiary/aromatic N) is 2. The summed E-state index contributed by atoms with van der Waals surface area (Å²) in [6, 6.07) is 6.55. The third-order valence-electron chi connectivity index (χ3n) is 4.88. The lowest BCUT2D eigenvalue weighted by molar-refractivity contribution is -0.254. The molecule has 1 amide bonds. The number of carbonyl (C=O) groups is 1. The third-order valence-corrected chi connectivity index (χ3v) is 6.79. The molecule has 0 spiro atoms. The monoisotopic (exact) mass is 422 g/mol. The molecule has 1 aromatic rings. The smallest absolute Gasteiger partial charge is 0.380 e. The molecule has 1 saturated heterocycles. The van der Waals surface area contributed by atoms with Crippen molar-refractivity contribution in [2.24, 2.45) is 0 Å². The van der Waals surface area contributed by atoms with Crippen molar-refractivity contribution in [2.75, 3.05) is 26.2 Å². The maximum atomic E-state index is 12.7. The van der Waals surface area contributed by atoms with Gasteiger partial charge in [-0.2, -0.15) is 17.5 Å². The Kier molecular flexibility index (Phi) is 6.47. The third kappa shape index (κ3) is 4.84. The van der Waals surface area contributed by atoms with Gasteiger partial charge in [0, 0.05) is 26.2 Å². The van der Waals surface area contributed by atoms with Gasteiger partial charge in [-0.15, -0.1) is 0 Å². The zero-order valence-electron chi connectivity index (χ0n) is 16.0. The van der Waals surface area contributed by atoms with E-state index in [1.54, 1.807) is 12.1 Å². The molecule has 10 heteroatoms. The molecule has 1 N–H and O–H groups in total. The molecule has 0 aromatic heterocycles. The van der Waals surface area contributed by atoms with Gasteiger partial charge in [0.2, 0.25) is 15.9 Å². The number of amides is 1. The van der Waals surface area contributed by atoms with Crippen LogP contribution in [0.4, 0.5) is 13.2 Å². The minimum absolute atomic E-state index is 0.0197. The highest BCUT2D eigenvalue weighted by Gasteiger charge is 2.51. The van der Waals surface area contributed by atoms with E-state index in [0.29, 0.717) is 6.92 Å². The van der Waals surface area contributed by atoms with Crippen molar-refractivity contribution < 1.29 is 31.5 Å². The molecular weight excluding hydrogens is 397 g/mol. The van der Waals surface area contributed by atoms with Crippen LogP contribution in [0.5, 0.6) is 0 Å². The molecule has 1 aliphatic heterocycles. The van der Waals surface area contributed by atoms with Gasteiger partial charge in [0.05, 0.1) is 11.3 Å². The van der Waals surface area contributed by atoms with Crippen molar-refractivity contribution in [1.29, 1.82) is 0 Å². The average molecular weight is 422 g/mol. The summed E-state index contributed by atoms with van der Waals surface area (Å²) in [5.41, 5.74) is -2.11. The molecule has 1 aromatic carbocycles. The van der Waals surface area contributed by atoms with Crippen molar-refractivity contribution in [2.45, 2.75) is 49.8 Å². The first-order valence-corrected chi connectivity index (χ1v) is 10.4. The first kappa shape index (κ1) is 22.6. The van der Waals surface area contributed by atoms with Gasteiger partial charge in [-0.3, -0.25) is 4.79 Å². The normalized spacial score (nSPS) is 18.9. The van der Waals surface area contributed by atoms with Crippen molar-refractivity contribution in [1.82, 2.24) is 9.21 Å². The highest BCUT2D eigenvalue weighted by atomic mass is 32.2. The van der Waals surface area contributed by atoms with E-state index >= 15 is 0 Å². The van der Waals surface area contributed by atoms with Crippen LogP contribution in [0, 0.1) is 0 Å². The number of sulfonamides is 1. The van der Waals surface area contributed by atoms with Gasteiger partial charge in [-0.25, -0.2) is 8.42 Å². The van der Waals surface area contributed by atoms with E-state index in [9.17, 15) is 31.5 Å². The van der Waals surface area contributed by atoms with Gasteiger partial charge in [0.15, 0.2) is 5.60 Å². The Bertz CT molecular complexity index is 797. The fourth-order valence-electron chi connectivity index (χ4n) is 2.86. The molecule has 158 valence electrons. The van der Waals surface area contributed by atoms with E-state index < -0.39 is 34.1 Å². The first-order valence-electron chi connectivity index (χ1n) is 8.93. The minimum Gasteiger partial charge on any atom is -0.380 e. The fraction of sp³-hybridized carbons (Fsp3) is 0.611. The van der Waals surface area contributed by atoms with Crippen LogP contribution in [0.15, 0.2) is 29.2 Å². The lowest BCUT2D eigenvalue weighted by atomic mass is 10.0. The summed E-state index contributed by atoms with van der Waals surface area (Å²) < 4.78 is 64.9. The number of aliphatic hydroxyl groups is 1. The number of carbonyl (C=O) groups excluding carboxylic acids is 1. The molecular formula is C18H25F3N2O4S.